The molecular formula is C28H34N2O11. The number of likely N-dealkylation sites (N-methyl/N-ethyl adjacent to an activating group) is 1. The van der Waals surface area contributed by atoms with E-state index in [2.05, 4.69) is 4.90 Å². The minimum atomic E-state index is -1.66. The molecule has 2 aliphatic heterocycles. The number of piperidine rings is 1. The van der Waals surface area contributed by atoms with Gasteiger partial charge >= 0.3 is 17.9 Å². The predicted octanol–water partition coefficient (Wildman–Crippen LogP) is -0.212. The van der Waals surface area contributed by atoms with E-state index in [1.54, 1.807) is 6.08 Å². The number of ether oxygens (including phenoxy) is 4. The van der Waals surface area contributed by atoms with E-state index in [0.29, 0.717) is 30.9 Å². The van der Waals surface area contributed by atoms with Gasteiger partial charge in [0.15, 0.2) is 23.7 Å². The number of benzene rings is 1. The number of methoxy groups -OCH3 is 1. The lowest BCUT2D eigenvalue weighted by molar-refractivity contribution is -0.175. The summed E-state index contributed by atoms with van der Waals surface area (Å²) < 4.78 is 22.8. The van der Waals surface area contributed by atoms with Crippen LogP contribution < -0.4 is 14.8 Å². The molecule has 2 heterocycles. The van der Waals surface area contributed by atoms with Crippen molar-refractivity contribution >= 4 is 23.8 Å². The van der Waals surface area contributed by atoms with Gasteiger partial charge in [0.05, 0.1) is 24.5 Å². The third-order valence-corrected chi connectivity index (χ3v) is 8.78. The number of carbonyl (C=O) groups is 4. The van der Waals surface area contributed by atoms with Gasteiger partial charge in [-0.2, -0.15) is 0 Å². The van der Waals surface area contributed by atoms with Crippen molar-refractivity contribution < 1.29 is 53.4 Å². The van der Waals surface area contributed by atoms with Crippen molar-refractivity contribution in [2.45, 2.75) is 80.9 Å². The maximum Gasteiger partial charge on any atom is 0.352 e. The zero-order valence-electron chi connectivity index (χ0n) is 23.2. The number of likely N-dealkylation sites (tertiary alicyclic amines) is 1. The first-order valence-electron chi connectivity index (χ1n) is 13.5. The van der Waals surface area contributed by atoms with E-state index in [1.807, 2.05) is 24.5 Å². The fraction of sp³-hybridized carbons (Fsp3) is 0.571. The van der Waals surface area contributed by atoms with Crippen LogP contribution in [0.25, 0.3) is 0 Å². The fourth-order valence-corrected chi connectivity index (χ4v) is 6.74. The fourth-order valence-electron chi connectivity index (χ4n) is 6.74. The standard InChI is InChI=1S/C28H34N2O11/c1-13(31)24(33)29-16(25(34)35)12-20(32)39-14(2)26(36)40-18-7-8-28(37)19-11-15-5-6-17(38-4)22-21(15)27(28,23(18)41-22)9-10-30(19)3/h5-7,13-14,16,19,23,31,37H,8-12H2,1-4H3,(H,29,33)(H,34,35)/t13-,14-,16-,19+,23?,27?,28+/m0/s1. The van der Waals surface area contributed by atoms with E-state index in [1.165, 1.54) is 14.0 Å². The topological polar surface area (TPSA) is 181 Å². The summed E-state index contributed by atoms with van der Waals surface area (Å²) in [6.45, 7) is 3.11. The molecule has 13 heteroatoms. The van der Waals surface area contributed by atoms with Gasteiger partial charge in [-0.15, -0.1) is 0 Å². The van der Waals surface area contributed by atoms with Gasteiger partial charge in [0.25, 0.3) is 0 Å². The summed E-state index contributed by atoms with van der Waals surface area (Å²) >= 11 is 0. The van der Waals surface area contributed by atoms with Crippen molar-refractivity contribution in [2.75, 3.05) is 20.7 Å². The summed E-state index contributed by atoms with van der Waals surface area (Å²) in [4.78, 5) is 50.8. The summed E-state index contributed by atoms with van der Waals surface area (Å²) in [6.07, 6.45) is -1.50. The largest absolute Gasteiger partial charge is 0.493 e. The molecular weight excluding hydrogens is 540 g/mol. The van der Waals surface area contributed by atoms with Crippen molar-refractivity contribution in [3.05, 3.63) is 35.1 Å². The minimum Gasteiger partial charge on any atom is -0.493 e. The van der Waals surface area contributed by atoms with E-state index >= 15 is 0 Å². The highest BCUT2D eigenvalue weighted by molar-refractivity contribution is 5.89. The summed E-state index contributed by atoms with van der Waals surface area (Å²) in [5, 5.41) is 32.9. The summed E-state index contributed by atoms with van der Waals surface area (Å²) in [7, 11) is 3.51. The molecule has 1 amide bonds. The Bertz CT molecular complexity index is 1330. The molecule has 0 saturated carbocycles. The highest BCUT2D eigenvalue weighted by Crippen LogP contribution is 2.65. The smallest absolute Gasteiger partial charge is 0.352 e. The Morgan fingerprint density at radius 1 is 1.24 bits per heavy atom. The number of aliphatic hydroxyl groups is 2. The molecule has 1 aromatic carbocycles. The van der Waals surface area contributed by atoms with Gasteiger partial charge in [-0.25, -0.2) is 9.59 Å². The van der Waals surface area contributed by atoms with Crippen LogP contribution >= 0.6 is 0 Å². The van der Waals surface area contributed by atoms with Crippen molar-refractivity contribution in [2.24, 2.45) is 0 Å². The second-order valence-corrected chi connectivity index (χ2v) is 11.1. The van der Waals surface area contributed by atoms with Gasteiger partial charge in [0.1, 0.15) is 17.9 Å². The lowest BCUT2D eigenvalue weighted by atomic mass is 9.50. The lowest BCUT2D eigenvalue weighted by Gasteiger charge is -2.61. The van der Waals surface area contributed by atoms with Crippen molar-refractivity contribution in [3.8, 4) is 11.5 Å². The average Bonchev–Trinajstić information content (AvgIpc) is 3.27. The molecule has 1 spiro atoms. The van der Waals surface area contributed by atoms with Crippen LogP contribution in [-0.4, -0.2) is 101 Å². The molecule has 7 atom stereocenters. The molecule has 1 fully saturated rings. The van der Waals surface area contributed by atoms with Gasteiger partial charge in [-0.05, 0) is 58.0 Å². The molecule has 4 N–H and O–H groups in total. The van der Waals surface area contributed by atoms with E-state index in [9.17, 15) is 34.5 Å². The van der Waals surface area contributed by atoms with E-state index in [0.717, 1.165) is 18.1 Å². The Balaban J connectivity index is 1.35. The number of aliphatic hydroxyl groups excluding tert-OH is 1. The van der Waals surface area contributed by atoms with Crippen LogP contribution in [0.5, 0.6) is 11.5 Å². The van der Waals surface area contributed by atoms with Gasteiger partial charge in [-0.1, -0.05) is 6.07 Å². The van der Waals surface area contributed by atoms with Crippen LogP contribution in [0.3, 0.4) is 0 Å². The molecule has 13 nitrogen and oxygen atoms in total. The zero-order chi connectivity index (χ0) is 29.9. The molecule has 41 heavy (non-hydrogen) atoms. The third kappa shape index (κ3) is 4.43. The van der Waals surface area contributed by atoms with Crippen LogP contribution in [0.15, 0.2) is 24.0 Å². The highest BCUT2D eigenvalue weighted by Gasteiger charge is 2.72. The summed E-state index contributed by atoms with van der Waals surface area (Å²) in [5.74, 6) is -3.26. The highest BCUT2D eigenvalue weighted by atomic mass is 16.6. The van der Waals surface area contributed by atoms with Crippen LogP contribution in [0.2, 0.25) is 0 Å². The van der Waals surface area contributed by atoms with Crippen molar-refractivity contribution in [3.63, 3.8) is 0 Å². The Hall–Kier alpha value is -3.68. The number of hydrogen-bond donors (Lipinski definition) is 4. The predicted molar refractivity (Wildman–Crippen MR) is 139 cm³/mol. The average molecular weight is 575 g/mol. The first kappa shape index (κ1) is 28.8. The SMILES string of the molecule is COc1ccc2c3c1OC1C(OC(=O)[C@H](C)OC(=O)C[C@H](NC(=O)[C@H](C)O)C(=O)O)=CC[C@@]4(O)[C@@H](C2)N(C)CCC314. The van der Waals surface area contributed by atoms with Crippen LogP contribution in [-0.2, 0) is 40.5 Å². The van der Waals surface area contributed by atoms with E-state index in [-0.39, 0.29) is 18.2 Å². The number of hydrogen-bond acceptors (Lipinski definition) is 11. The second-order valence-electron chi connectivity index (χ2n) is 11.1. The zero-order valence-corrected chi connectivity index (χ0v) is 23.2. The quantitative estimate of drug-likeness (QED) is 0.285. The Morgan fingerprint density at radius 2 is 1.98 bits per heavy atom. The number of nitrogens with zero attached hydrogens (tertiary/aromatic N) is 1. The normalized spacial score (nSPS) is 29.6. The summed E-state index contributed by atoms with van der Waals surface area (Å²) in [5.41, 5.74) is -0.169. The molecule has 222 valence electrons. The molecule has 1 saturated heterocycles. The maximum atomic E-state index is 13.1. The molecule has 2 aliphatic carbocycles. The van der Waals surface area contributed by atoms with E-state index in [4.69, 9.17) is 18.9 Å². The third-order valence-electron chi connectivity index (χ3n) is 8.78. The maximum absolute atomic E-state index is 13.1. The Kier molecular flexibility index (Phi) is 7.24. The summed E-state index contributed by atoms with van der Waals surface area (Å²) in [6, 6.07) is 1.96. The molecule has 5 rings (SSSR count). The lowest BCUT2D eigenvalue weighted by Crippen LogP contribution is -2.74. The number of nitrogens with one attached hydrogen (secondary N) is 1. The molecule has 2 unspecified atom stereocenters. The number of carboxylic acid groups (broad SMARTS) is 1. The number of carbonyl (C=O) groups excluding carboxylic acids is 3. The first-order valence-corrected chi connectivity index (χ1v) is 13.5. The Morgan fingerprint density at radius 3 is 2.63 bits per heavy atom. The van der Waals surface area contributed by atoms with Crippen molar-refractivity contribution in [1.29, 1.82) is 0 Å². The number of carboxylic acids is 1. The van der Waals surface area contributed by atoms with E-state index < -0.39 is 65.6 Å². The number of rotatable bonds is 9. The van der Waals surface area contributed by atoms with Crippen LogP contribution in [0.4, 0.5) is 0 Å². The second kappa shape index (κ2) is 10.3. The number of aliphatic carboxylic acids is 1. The monoisotopic (exact) mass is 574 g/mol. The minimum absolute atomic E-state index is 0.181. The van der Waals surface area contributed by atoms with Crippen LogP contribution in [0, 0.1) is 0 Å². The van der Waals surface area contributed by atoms with Gasteiger partial charge in [0, 0.05) is 18.0 Å². The molecule has 0 radical (unpaired) electrons. The van der Waals surface area contributed by atoms with Gasteiger partial charge in [0.2, 0.25) is 5.91 Å². The van der Waals surface area contributed by atoms with Crippen molar-refractivity contribution in [1.82, 2.24) is 10.2 Å². The number of amides is 1. The first-order chi connectivity index (χ1) is 19.3. The number of esters is 2. The van der Waals surface area contributed by atoms with Gasteiger partial charge in [-0.3, -0.25) is 9.59 Å². The molecule has 1 aromatic rings. The molecule has 0 aromatic heterocycles. The molecule has 2 bridgehead atoms. The van der Waals surface area contributed by atoms with Crippen LogP contribution in [0.1, 0.15) is 44.2 Å². The molecule has 4 aliphatic rings. The Labute approximate surface area is 236 Å². The van der Waals surface area contributed by atoms with Gasteiger partial charge < -0.3 is 44.5 Å².